The van der Waals surface area contributed by atoms with E-state index in [9.17, 15) is 4.79 Å². The number of carbonyl (C=O) groups is 1. The molecule has 80 valence electrons. The second-order valence-corrected chi connectivity index (χ2v) is 3.42. The number of hydrogen-bond acceptors (Lipinski definition) is 2. The van der Waals surface area contributed by atoms with Crippen LogP contribution in [0, 0.1) is 0 Å². The molecule has 4 heteroatoms. The van der Waals surface area contributed by atoms with Crippen molar-refractivity contribution < 1.29 is 14.6 Å². The lowest BCUT2D eigenvalue weighted by molar-refractivity contribution is -0.130. The predicted octanol–water partition coefficient (Wildman–Crippen LogP) is 2.65. The Morgan fingerprint density at radius 3 is 2.73 bits per heavy atom. The highest BCUT2D eigenvalue weighted by Gasteiger charge is 2.13. The van der Waals surface area contributed by atoms with Gasteiger partial charge in [-0.2, -0.15) is 0 Å². The van der Waals surface area contributed by atoms with Gasteiger partial charge in [-0.05, 0) is 11.1 Å². The normalized spacial score (nSPS) is 11.2. The van der Waals surface area contributed by atoms with Crippen molar-refractivity contribution in [2.75, 3.05) is 7.11 Å². The molecule has 0 aromatic heterocycles. The minimum atomic E-state index is -0.995. The molecular weight excluding hydrogens is 260 g/mol. The Morgan fingerprint density at radius 2 is 2.20 bits per heavy atom. The van der Waals surface area contributed by atoms with Gasteiger partial charge in [0.2, 0.25) is 0 Å². The second kappa shape index (κ2) is 5.56. The van der Waals surface area contributed by atoms with E-state index in [2.05, 4.69) is 15.9 Å². The van der Waals surface area contributed by atoms with Crippen LogP contribution in [0.4, 0.5) is 0 Å². The van der Waals surface area contributed by atoms with Gasteiger partial charge in [0.25, 0.3) is 0 Å². The third-order valence-electron chi connectivity index (χ3n) is 1.92. The summed E-state index contributed by atoms with van der Waals surface area (Å²) in [7, 11) is 1.43. The molecule has 1 aromatic carbocycles. The van der Waals surface area contributed by atoms with E-state index >= 15 is 0 Å². The van der Waals surface area contributed by atoms with Crippen LogP contribution in [0.2, 0.25) is 0 Å². The number of rotatable bonds is 4. The maximum atomic E-state index is 11.0. The molecule has 0 aliphatic rings. The fraction of sp³-hybridized carbons (Fsp3) is 0.182. The summed E-state index contributed by atoms with van der Waals surface area (Å²) in [6.45, 7) is 0. The van der Waals surface area contributed by atoms with Crippen LogP contribution in [0.15, 0.2) is 30.5 Å². The fourth-order valence-electron chi connectivity index (χ4n) is 1.25. The van der Waals surface area contributed by atoms with Crippen LogP contribution in [0.5, 0.6) is 0 Å². The average molecular weight is 271 g/mol. The van der Waals surface area contributed by atoms with E-state index in [4.69, 9.17) is 9.84 Å². The maximum Gasteiger partial charge on any atom is 0.339 e. The number of methoxy groups -OCH3 is 1. The number of carboxylic acid groups (broad SMARTS) is 1. The first kappa shape index (κ1) is 11.8. The van der Waals surface area contributed by atoms with Crippen molar-refractivity contribution in [3.63, 3.8) is 0 Å². The SMILES string of the molecule is CO/C=C(\C(=O)O)c1ccccc1CBr. The van der Waals surface area contributed by atoms with Gasteiger partial charge in [-0.1, -0.05) is 40.2 Å². The lowest BCUT2D eigenvalue weighted by atomic mass is 10.0. The van der Waals surface area contributed by atoms with E-state index in [1.807, 2.05) is 12.1 Å². The number of halogens is 1. The van der Waals surface area contributed by atoms with E-state index in [1.54, 1.807) is 12.1 Å². The number of carboxylic acids is 1. The van der Waals surface area contributed by atoms with Crippen molar-refractivity contribution in [2.24, 2.45) is 0 Å². The van der Waals surface area contributed by atoms with Crippen molar-refractivity contribution in [1.29, 1.82) is 0 Å². The van der Waals surface area contributed by atoms with Gasteiger partial charge >= 0.3 is 5.97 Å². The molecule has 0 heterocycles. The second-order valence-electron chi connectivity index (χ2n) is 2.86. The van der Waals surface area contributed by atoms with Crippen molar-refractivity contribution >= 4 is 27.5 Å². The van der Waals surface area contributed by atoms with Crippen molar-refractivity contribution in [3.05, 3.63) is 41.7 Å². The quantitative estimate of drug-likeness (QED) is 0.520. The molecule has 0 radical (unpaired) electrons. The smallest absolute Gasteiger partial charge is 0.339 e. The first-order valence-corrected chi connectivity index (χ1v) is 5.43. The fourth-order valence-corrected chi connectivity index (χ4v) is 1.74. The average Bonchev–Trinajstić information content (AvgIpc) is 2.25. The zero-order valence-electron chi connectivity index (χ0n) is 8.24. The Kier molecular flexibility index (Phi) is 4.37. The highest BCUT2D eigenvalue weighted by Crippen LogP contribution is 2.21. The Morgan fingerprint density at radius 1 is 1.53 bits per heavy atom. The Hall–Kier alpha value is -1.29. The van der Waals surface area contributed by atoms with Crippen molar-refractivity contribution in [3.8, 4) is 0 Å². The van der Waals surface area contributed by atoms with E-state index in [0.29, 0.717) is 10.9 Å². The number of hydrogen-bond donors (Lipinski definition) is 1. The molecule has 0 bridgehead atoms. The van der Waals surface area contributed by atoms with Gasteiger partial charge in [0.1, 0.15) is 5.57 Å². The zero-order chi connectivity index (χ0) is 11.3. The monoisotopic (exact) mass is 270 g/mol. The lowest BCUT2D eigenvalue weighted by Gasteiger charge is -2.07. The molecule has 1 rings (SSSR count). The molecule has 0 spiro atoms. The molecule has 1 N–H and O–H groups in total. The summed E-state index contributed by atoms with van der Waals surface area (Å²) in [4.78, 5) is 11.0. The molecule has 1 aromatic rings. The zero-order valence-corrected chi connectivity index (χ0v) is 9.82. The lowest BCUT2D eigenvalue weighted by Crippen LogP contribution is -2.02. The highest BCUT2D eigenvalue weighted by atomic mass is 79.9. The van der Waals surface area contributed by atoms with Gasteiger partial charge in [-0.25, -0.2) is 4.79 Å². The number of ether oxygens (including phenoxy) is 1. The third-order valence-corrected chi connectivity index (χ3v) is 2.52. The number of benzene rings is 1. The molecule has 0 aliphatic heterocycles. The molecule has 0 saturated heterocycles. The third kappa shape index (κ3) is 2.83. The molecule has 0 aliphatic carbocycles. The first-order chi connectivity index (χ1) is 7.20. The standard InChI is InChI=1S/C11H11BrO3/c1-15-7-10(11(13)14)9-5-3-2-4-8(9)6-12/h2-5,7H,6H2,1H3,(H,13,14)/b10-7-. The molecule has 0 amide bonds. The summed E-state index contributed by atoms with van der Waals surface area (Å²) in [6, 6.07) is 7.30. The Labute approximate surface area is 96.5 Å². The van der Waals surface area contributed by atoms with E-state index in [0.717, 1.165) is 5.56 Å². The Balaban J connectivity index is 3.22. The van der Waals surface area contributed by atoms with Crippen molar-refractivity contribution in [1.82, 2.24) is 0 Å². The topological polar surface area (TPSA) is 46.5 Å². The van der Waals surface area contributed by atoms with Gasteiger partial charge in [0.15, 0.2) is 0 Å². The number of alkyl halides is 1. The molecule has 0 fully saturated rings. The van der Waals surface area contributed by atoms with E-state index < -0.39 is 5.97 Å². The van der Waals surface area contributed by atoms with E-state index in [1.165, 1.54) is 13.4 Å². The van der Waals surface area contributed by atoms with Gasteiger partial charge in [-0.3, -0.25) is 0 Å². The molecule has 3 nitrogen and oxygen atoms in total. The summed E-state index contributed by atoms with van der Waals surface area (Å²) < 4.78 is 4.76. The minimum Gasteiger partial charge on any atom is -0.503 e. The summed E-state index contributed by atoms with van der Waals surface area (Å²) >= 11 is 3.32. The predicted molar refractivity (Wildman–Crippen MR) is 61.7 cm³/mol. The minimum absolute atomic E-state index is 0.160. The molecule has 0 saturated carbocycles. The van der Waals surface area contributed by atoms with Crippen LogP contribution in [-0.4, -0.2) is 18.2 Å². The van der Waals surface area contributed by atoms with Gasteiger partial charge in [-0.15, -0.1) is 0 Å². The largest absolute Gasteiger partial charge is 0.503 e. The summed E-state index contributed by atoms with van der Waals surface area (Å²) in [5, 5.41) is 9.62. The van der Waals surface area contributed by atoms with Crippen LogP contribution in [0.1, 0.15) is 11.1 Å². The Bertz CT molecular complexity index is 385. The van der Waals surface area contributed by atoms with Gasteiger partial charge < -0.3 is 9.84 Å². The first-order valence-electron chi connectivity index (χ1n) is 4.31. The van der Waals surface area contributed by atoms with Gasteiger partial charge in [0.05, 0.1) is 13.4 Å². The highest BCUT2D eigenvalue weighted by molar-refractivity contribution is 9.08. The molecular formula is C11H11BrO3. The van der Waals surface area contributed by atoms with Crippen LogP contribution in [-0.2, 0) is 14.9 Å². The van der Waals surface area contributed by atoms with Crippen LogP contribution in [0.3, 0.4) is 0 Å². The molecule has 0 unspecified atom stereocenters. The maximum absolute atomic E-state index is 11.0. The van der Waals surface area contributed by atoms with Crippen LogP contribution < -0.4 is 0 Å². The summed E-state index contributed by atoms with van der Waals surface area (Å²) in [5.74, 6) is -0.995. The van der Waals surface area contributed by atoms with Crippen LogP contribution in [0.25, 0.3) is 5.57 Å². The number of aliphatic carboxylic acids is 1. The summed E-state index contributed by atoms with van der Waals surface area (Å²) in [5.41, 5.74) is 1.75. The van der Waals surface area contributed by atoms with Crippen LogP contribution >= 0.6 is 15.9 Å². The molecule has 15 heavy (non-hydrogen) atoms. The van der Waals surface area contributed by atoms with E-state index in [-0.39, 0.29) is 5.57 Å². The molecule has 0 atom stereocenters. The van der Waals surface area contributed by atoms with Gasteiger partial charge in [0, 0.05) is 5.33 Å². The summed E-state index contributed by atoms with van der Waals surface area (Å²) in [6.07, 6.45) is 1.24. The van der Waals surface area contributed by atoms with Crippen molar-refractivity contribution in [2.45, 2.75) is 5.33 Å².